The number of aryl methyl sites for hydroxylation is 2. The Labute approximate surface area is 87.9 Å². The molecule has 0 aliphatic rings. The first-order valence-corrected chi connectivity index (χ1v) is 4.97. The summed E-state index contributed by atoms with van der Waals surface area (Å²) in [5.41, 5.74) is 2.40. The van der Waals surface area contributed by atoms with Crippen LogP contribution in [-0.4, -0.2) is 15.6 Å². The van der Waals surface area contributed by atoms with Crippen molar-refractivity contribution in [1.82, 2.24) is 4.57 Å². The van der Waals surface area contributed by atoms with Crippen molar-refractivity contribution in [2.45, 2.75) is 20.4 Å². The molecule has 0 radical (unpaired) electrons. The number of aromatic carboxylic acids is 1. The third-order valence-corrected chi connectivity index (χ3v) is 2.69. The normalized spacial score (nSPS) is 10.8. The van der Waals surface area contributed by atoms with Crippen LogP contribution in [0.4, 0.5) is 0 Å². The summed E-state index contributed by atoms with van der Waals surface area (Å²) in [5.74, 6) is -0.860. The van der Waals surface area contributed by atoms with E-state index >= 15 is 0 Å². The molecule has 1 heterocycles. The minimum absolute atomic E-state index is 0.393. The lowest BCUT2D eigenvalue weighted by Crippen LogP contribution is -1.95. The predicted molar refractivity (Wildman–Crippen MR) is 59.3 cm³/mol. The van der Waals surface area contributed by atoms with Gasteiger partial charge in [0.25, 0.3) is 0 Å². The Morgan fingerprint density at radius 1 is 1.47 bits per heavy atom. The average molecular weight is 203 g/mol. The zero-order valence-electron chi connectivity index (χ0n) is 8.82. The van der Waals surface area contributed by atoms with Gasteiger partial charge in [-0.15, -0.1) is 0 Å². The van der Waals surface area contributed by atoms with Crippen molar-refractivity contribution in [3.63, 3.8) is 0 Å². The Kier molecular flexibility index (Phi) is 2.23. The standard InChI is InChI=1S/C12H13NO2/c1-3-13-7-9(12(14)15)11-8(2)5-4-6-10(11)13/h4-7H,3H2,1-2H3,(H,14,15). The van der Waals surface area contributed by atoms with E-state index in [1.165, 1.54) is 0 Å². The highest BCUT2D eigenvalue weighted by Crippen LogP contribution is 2.24. The Morgan fingerprint density at radius 3 is 2.80 bits per heavy atom. The molecule has 1 aromatic carbocycles. The molecule has 3 nitrogen and oxygen atoms in total. The summed E-state index contributed by atoms with van der Waals surface area (Å²) in [7, 11) is 0. The molecule has 0 aliphatic carbocycles. The highest BCUT2D eigenvalue weighted by Gasteiger charge is 2.14. The summed E-state index contributed by atoms with van der Waals surface area (Å²) in [6.07, 6.45) is 1.71. The Morgan fingerprint density at radius 2 is 2.20 bits per heavy atom. The zero-order chi connectivity index (χ0) is 11.0. The monoisotopic (exact) mass is 203 g/mol. The highest BCUT2D eigenvalue weighted by molar-refractivity contribution is 6.04. The van der Waals surface area contributed by atoms with E-state index in [9.17, 15) is 4.79 Å². The number of nitrogens with zero attached hydrogens (tertiary/aromatic N) is 1. The third-order valence-electron chi connectivity index (χ3n) is 2.69. The molecule has 0 aliphatic heterocycles. The SMILES string of the molecule is CCn1cc(C(=O)O)c2c(C)cccc21. The van der Waals surface area contributed by atoms with Crippen LogP contribution in [0.25, 0.3) is 10.9 Å². The van der Waals surface area contributed by atoms with Crippen LogP contribution in [0.5, 0.6) is 0 Å². The van der Waals surface area contributed by atoms with Crippen molar-refractivity contribution < 1.29 is 9.90 Å². The molecule has 0 saturated heterocycles. The topological polar surface area (TPSA) is 42.2 Å². The summed E-state index contributed by atoms with van der Waals surface area (Å²) >= 11 is 0. The van der Waals surface area contributed by atoms with Crippen molar-refractivity contribution in [2.75, 3.05) is 0 Å². The first kappa shape index (κ1) is 9.77. The van der Waals surface area contributed by atoms with E-state index in [0.717, 1.165) is 23.0 Å². The van der Waals surface area contributed by atoms with Crippen LogP contribution >= 0.6 is 0 Å². The largest absolute Gasteiger partial charge is 0.478 e. The quantitative estimate of drug-likeness (QED) is 0.815. The van der Waals surface area contributed by atoms with Gasteiger partial charge in [-0.3, -0.25) is 0 Å². The molecule has 0 saturated carbocycles. The fourth-order valence-corrected chi connectivity index (χ4v) is 1.96. The van der Waals surface area contributed by atoms with Gasteiger partial charge < -0.3 is 9.67 Å². The van der Waals surface area contributed by atoms with E-state index in [-0.39, 0.29) is 0 Å². The van der Waals surface area contributed by atoms with Gasteiger partial charge in [-0.25, -0.2) is 4.79 Å². The van der Waals surface area contributed by atoms with E-state index in [4.69, 9.17) is 5.11 Å². The van der Waals surface area contributed by atoms with Gasteiger partial charge in [-0.2, -0.15) is 0 Å². The number of benzene rings is 1. The van der Waals surface area contributed by atoms with Crippen LogP contribution in [0.3, 0.4) is 0 Å². The second kappa shape index (κ2) is 3.42. The predicted octanol–water partition coefficient (Wildman–Crippen LogP) is 2.67. The number of carboxylic acid groups (broad SMARTS) is 1. The van der Waals surface area contributed by atoms with Crippen LogP contribution < -0.4 is 0 Å². The summed E-state index contributed by atoms with van der Waals surface area (Å²) in [6, 6.07) is 5.85. The second-order valence-corrected chi connectivity index (χ2v) is 3.60. The fourth-order valence-electron chi connectivity index (χ4n) is 1.96. The molecule has 0 bridgehead atoms. The molecule has 0 spiro atoms. The molecule has 0 unspecified atom stereocenters. The second-order valence-electron chi connectivity index (χ2n) is 3.60. The van der Waals surface area contributed by atoms with E-state index < -0.39 is 5.97 Å². The Bertz CT molecular complexity index is 526. The molecular weight excluding hydrogens is 190 g/mol. The van der Waals surface area contributed by atoms with Crippen molar-refractivity contribution >= 4 is 16.9 Å². The molecule has 2 aromatic rings. The molecule has 3 heteroatoms. The fraction of sp³-hybridized carbons (Fsp3) is 0.250. The number of aromatic nitrogens is 1. The molecule has 78 valence electrons. The third kappa shape index (κ3) is 1.40. The first-order chi connectivity index (χ1) is 7.15. The summed E-state index contributed by atoms with van der Waals surface area (Å²) in [4.78, 5) is 11.1. The van der Waals surface area contributed by atoms with Crippen molar-refractivity contribution in [2.24, 2.45) is 0 Å². The molecule has 1 aromatic heterocycles. The lowest BCUT2D eigenvalue weighted by Gasteiger charge is -2.00. The number of carboxylic acids is 1. The molecule has 0 amide bonds. The van der Waals surface area contributed by atoms with Gasteiger partial charge in [0.2, 0.25) is 0 Å². The lowest BCUT2D eigenvalue weighted by molar-refractivity contribution is 0.0698. The summed E-state index contributed by atoms with van der Waals surface area (Å²) in [5, 5.41) is 9.96. The molecular formula is C12H13NO2. The summed E-state index contributed by atoms with van der Waals surface area (Å²) < 4.78 is 1.96. The van der Waals surface area contributed by atoms with Crippen molar-refractivity contribution in [1.29, 1.82) is 0 Å². The number of fused-ring (bicyclic) bond motifs is 1. The molecule has 0 atom stereocenters. The number of carbonyl (C=O) groups is 1. The number of rotatable bonds is 2. The Hall–Kier alpha value is -1.77. The maximum atomic E-state index is 11.1. The van der Waals surface area contributed by atoms with Crippen LogP contribution in [0.1, 0.15) is 22.8 Å². The zero-order valence-corrected chi connectivity index (χ0v) is 8.82. The Balaban J connectivity index is 2.88. The van der Waals surface area contributed by atoms with Crippen LogP contribution in [0.2, 0.25) is 0 Å². The van der Waals surface area contributed by atoms with Gasteiger partial charge in [-0.1, -0.05) is 12.1 Å². The smallest absolute Gasteiger partial charge is 0.337 e. The summed E-state index contributed by atoms with van der Waals surface area (Å²) in [6.45, 7) is 4.73. The molecule has 2 rings (SSSR count). The number of hydrogen-bond acceptors (Lipinski definition) is 1. The lowest BCUT2D eigenvalue weighted by atomic mass is 10.1. The maximum Gasteiger partial charge on any atom is 0.337 e. The van der Waals surface area contributed by atoms with Gasteiger partial charge in [0.15, 0.2) is 0 Å². The molecule has 15 heavy (non-hydrogen) atoms. The van der Waals surface area contributed by atoms with Gasteiger partial charge in [0.1, 0.15) is 0 Å². The van der Waals surface area contributed by atoms with E-state index in [2.05, 4.69) is 0 Å². The van der Waals surface area contributed by atoms with E-state index in [1.807, 2.05) is 36.6 Å². The average Bonchev–Trinajstić information content (AvgIpc) is 2.58. The molecule has 0 fully saturated rings. The van der Waals surface area contributed by atoms with E-state index in [0.29, 0.717) is 5.56 Å². The van der Waals surface area contributed by atoms with Crippen LogP contribution in [-0.2, 0) is 6.54 Å². The number of hydrogen-bond donors (Lipinski definition) is 1. The minimum Gasteiger partial charge on any atom is -0.478 e. The van der Waals surface area contributed by atoms with Crippen LogP contribution in [0, 0.1) is 6.92 Å². The minimum atomic E-state index is -0.860. The highest BCUT2D eigenvalue weighted by atomic mass is 16.4. The maximum absolute atomic E-state index is 11.1. The van der Waals surface area contributed by atoms with E-state index in [1.54, 1.807) is 6.20 Å². The van der Waals surface area contributed by atoms with Crippen molar-refractivity contribution in [3.05, 3.63) is 35.5 Å². The first-order valence-electron chi connectivity index (χ1n) is 4.97. The van der Waals surface area contributed by atoms with Gasteiger partial charge in [0.05, 0.1) is 5.56 Å². The van der Waals surface area contributed by atoms with Gasteiger partial charge in [0, 0.05) is 23.6 Å². The van der Waals surface area contributed by atoms with Gasteiger partial charge >= 0.3 is 5.97 Å². The molecule has 1 N–H and O–H groups in total. The van der Waals surface area contributed by atoms with Crippen molar-refractivity contribution in [3.8, 4) is 0 Å². The van der Waals surface area contributed by atoms with Gasteiger partial charge in [-0.05, 0) is 25.5 Å². The van der Waals surface area contributed by atoms with Crippen LogP contribution in [0.15, 0.2) is 24.4 Å².